The zero-order valence-electron chi connectivity index (χ0n) is 13.1. The van der Waals surface area contributed by atoms with Gasteiger partial charge in [0.05, 0.1) is 18.4 Å². The SMILES string of the molecule is COc1c(Nc2cccc(C(=O)N(C)CC(F)(F)F)c2O)c(=O)c1=O. The molecule has 0 aliphatic rings. The van der Waals surface area contributed by atoms with E-state index < -0.39 is 40.8 Å². The lowest BCUT2D eigenvalue weighted by Crippen LogP contribution is -2.36. The molecule has 2 N–H and O–H groups in total. The summed E-state index contributed by atoms with van der Waals surface area (Å²) in [7, 11) is 2.11. The quantitative estimate of drug-likeness (QED) is 0.619. The van der Waals surface area contributed by atoms with Gasteiger partial charge in [0.15, 0.2) is 11.5 Å². The van der Waals surface area contributed by atoms with Crippen molar-refractivity contribution in [2.45, 2.75) is 6.18 Å². The van der Waals surface area contributed by atoms with Crippen LogP contribution in [-0.2, 0) is 0 Å². The van der Waals surface area contributed by atoms with Gasteiger partial charge in [-0.15, -0.1) is 0 Å². The van der Waals surface area contributed by atoms with Gasteiger partial charge in [-0.25, -0.2) is 0 Å². The van der Waals surface area contributed by atoms with Gasteiger partial charge >= 0.3 is 6.18 Å². The molecule has 0 fully saturated rings. The molecule has 2 rings (SSSR count). The monoisotopic (exact) mass is 358 g/mol. The molecule has 0 aliphatic carbocycles. The van der Waals surface area contributed by atoms with Crippen LogP contribution < -0.4 is 20.9 Å². The predicted molar refractivity (Wildman–Crippen MR) is 82.3 cm³/mol. The molecule has 0 aromatic heterocycles. The molecule has 0 saturated heterocycles. The number of anilines is 2. The smallest absolute Gasteiger partial charge is 0.406 e. The molecule has 0 bridgehead atoms. The van der Waals surface area contributed by atoms with E-state index in [2.05, 4.69) is 5.32 Å². The number of hydrogen-bond donors (Lipinski definition) is 2. The van der Waals surface area contributed by atoms with Crippen LogP contribution in [0.3, 0.4) is 0 Å². The summed E-state index contributed by atoms with van der Waals surface area (Å²) in [6.07, 6.45) is -4.59. The van der Waals surface area contributed by atoms with E-state index in [4.69, 9.17) is 4.74 Å². The van der Waals surface area contributed by atoms with Gasteiger partial charge in [-0.05, 0) is 12.1 Å². The van der Waals surface area contributed by atoms with Crippen molar-refractivity contribution < 1.29 is 27.8 Å². The fraction of sp³-hybridized carbons (Fsp3) is 0.267. The summed E-state index contributed by atoms with van der Waals surface area (Å²) in [6, 6.07) is 3.72. The number of aromatic hydroxyl groups is 1. The Hall–Kier alpha value is -3.04. The molecular weight excluding hydrogens is 345 g/mol. The third-order valence-corrected chi connectivity index (χ3v) is 3.36. The van der Waals surface area contributed by atoms with Gasteiger partial charge in [-0.1, -0.05) is 6.07 Å². The number of hydrogen-bond acceptors (Lipinski definition) is 6. The lowest BCUT2D eigenvalue weighted by atomic mass is 10.1. The first kappa shape index (κ1) is 18.3. The molecule has 1 amide bonds. The Bertz CT molecular complexity index is 884. The highest BCUT2D eigenvalue weighted by Gasteiger charge is 2.32. The minimum atomic E-state index is -4.59. The Morgan fingerprint density at radius 1 is 1.28 bits per heavy atom. The highest BCUT2D eigenvalue weighted by molar-refractivity contribution is 5.99. The number of carbonyl (C=O) groups is 1. The van der Waals surface area contributed by atoms with Crippen LogP contribution in [0.15, 0.2) is 27.8 Å². The van der Waals surface area contributed by atoms with Crippen LogP contribution in [0.1, 0.15) is 10.4 Å². The summed E-state index contributed by atoms with van der Waals surface area (Å²) in [5, 5.41) is 12.6. The standard InChI is InChI=1S/C15H13F3N2O5/c1-20(6-15(16,17)18)14(24)7-4-3-5-8(10(7)21)19-9-11(22)12(23)13(9)25-2/h3-5,19,21H,6H2,1-2H3. The Balaban J connectivity index is 2.31. The third kappa shape index (κ3) is 3.57. The number of ether oxygens (including phenoxy) is 1. The molecule has 0 heterocycles. The van der Waals surface area contributed by atoms with Crippen molar-refractivity contribution in [1.29, 1.82) is 0 Å². The van der Waals surface area contributed by atoms with Crippen LogP contribution >= 0.6 is 0 Å². The molecule has 0 saturated carbocycles. The van der Waals surface area contributed by atoms with Crippen molar-refractivity contribution in [3.05, 3.63) is 44.2 Å². The van der Waals surface area contributed by atoms with E-state index in [1.165, 1.54) is 19.2 Å². The Labute approximate surface area is 138 Å². The van der Waals surface area contributed by atoms with Gasteiger partial charge in [-0.2, -0.15) is 13.2 Å². The van der Waals surface area contributed by atoms with Gasteiger partial charge in [0.2, 0.25) is 0 Å². The molecule has 10 heteroatoms. The molecule has 7 nitrogen and oxygen atoms in total. The number of phenols is 1. The molecule has 2 aromatic carbocycles. The zero-order valence-corrected chi connectivity index (χ0v) is 13.1. The number of phenolic OH excluding ortho intramolecular Hbond substituents is 1. The van der Waals surface area contributed by atoms with Gasteiger partial charge in [0, 0.05) is 7.05 Å². The molecule has 0 atom stereocenters. The largest absolute Gasteiger partial charge is 0.505 e. The fourth-order valence-electron chi connectivity index (χ4n) is 2.18. The zero-order chi connectivity index (χ0) is 18.9. The van der Waals surface area contributed by atoms with Crippen LogP contribution in [0.5, 0.6) is 11.5 Å². The van der Waals surface area contributed by atoms with Gasteiger partial charge in [-0.3, -0.25) is 14.4 Å². The lowest BCUT2D eigenvalue weighted by Gasteiger charge is -2.20. The van der Waals surface area contributed by atoms with Gasteiger partial charge in [0.25, 0.3) is 16.8 Å². The Morgan fingerprint density at radius 2 is 1.92 bits per heavy atom. The lowest BCUT2D eigenvalue weighted by molar-refractivity contribution is -0.138. The van der Waals surface area contributed by atoms with Crippen molar-refractivity contribution in [3.8, 4) is 11.5 Å². The Kier molecular flexibility index (Phi) is 4.73. The van der Waals surface area contributed by atoms with E-state index in [0.717, 1.165) is 13.1 Å². The van der Waals surface area contributed by atoms with Crippen molar-refractivity contribution in [3.63, 3.8) is 0 Å². The molecule has 25 heavy (non-hydrogen) atoms. The average molecular weight is 358 g/mol. The van der Waals surface area contributed by atoms with Crippen LogP contribution in [-0.4, -0.2) is 42.8 Å². The minimum absolute atomic E-state index is 0.128. The first-order valence-corrected chi connectivity index (χ1v) is 6.85. The number of methoxy groups -OCH3 is 1. The van der Waals surface area contributed by atoms with E-state index in [1.54, 1.807) is 0 Å². The fourth-order valence-corrected chi connectivity index (χ4v) is 2.18. The van der Waals surface area contributed by atoms with Crippen LogP contribution in [0, 0.1) is 0 Å². The third-order valence-electron chi connectivity index (χ3n) is 3.36. The van der Waals surface area contributed by atoms with E-state index in [-0.39, 0.29) is 17.1 Å². The van der Waals surface area contributed by atoms with Crippen molar-refractivity contribution in [1.82, 2.24) is 4.90 Å². The minimum Gasteiger partial charge on any atom is -0.505 e. The van der Waals surface area contributed by atoms with E-state index >= 15 is 0 Å². The maximum atomic E-state index is 12.4. The molecule has 0 aliphatic heterocycles. The second kappa shape index (κ2) is 6.46. The molecular formula is C15H13F3N2O5. The molecule has 0 unspecified atom stereocenters. The van der Waals surface area contributed by atoms with Crippen LogP contribution in [0.2, 0.25) is 0 Å². The highest BCUT2D eigenvalue weighted by Crippen LogP contribution is 2.32. The van der Waals surface area contributed by atoms with Gasteiger partial charge in [0.1, 0.15) is 12.2 Å². The maximum absolute atomic E-state index is 12.4. The normalized spacial score (nSPS) is 11.4. The van der Waals surface area contributed by atoms with E-state index in [9.17, 15) is 32.7 Å². The topological polar surface area (TPSA) is 95.9 Å². The number of rotatable bonds is 5. The first-order valence-electron chi connectivity index (χ1n) is 6.85. The van der Waals surface area contributed by atoms with E-state index in [0.29, 0.717) is 4.90 Å². The summed E-state index contributed by atoms with van der Waals surface area (Å²) in [4.78, 5) is 35.3. The number of nitrogens with one attached hydrogen (secondary N) is 1. The summed E-state index contributed by atoms with van der Waals surface area (Å²) in [5.41, 5.74) is -2.45. The highest BCUT2D eigenvalue weighted by atomic mass is 19.4. The van der Waals surface area contributed by atoms with Crippen molar-refractivity contribution >= 4 is 17.3 Å². The number of alkyl halides is 3. The summed E-state index contributed by atoms with van der Waals surface area (Å²) in [6.45, 7) is -1.49. The second-order valence-electron chi connectivity index (χ2n) is 5.17. The number of halogens is 3. The molecule has 0 radical (unpaired) electrons. The number of nitrogens with zero attached hydrogens (tertiary/aromatic N) is 1. The second-order valence-corrected chi connectivity index (χ2v) is 5.17. The average Bonchev–Trinajstić information content (AvgIpc) is 2.53. The summed E-state index contributed by atoms with van der Waals surface area (Å²) in [5.74, 6) is -1.96. The van der Waals surface area contributed by atoms with Crippen LogP contribution in [0.25, 0.3) is 0 Å². The maximum Gasteiger partial charge on any atom is 0.406 e. The summed E-state index contributed by atoms with van der Waals surface area (Å²) < 4.78 is 41.9. The molecule has 2 aromatic rings. The number of benzene rings is 1. The van der Waals surface area contributed by atoms with Crippen molar-refractivity contribution in [2.24, 2.45) is 0 Å². The number of para-hydroxylation sites is 1. The number of carbonyl (C=O) groups excluding carboxylic acids is 1. The first-order chi connectivity index (χ1) is 11.6. The Morgan fingerprint density at radius 3 is 2.48 bits per heavy atom. The van der Waals surface area contributed by atoms with Crippen molar-refractivity contribution in [2.75, 3.05) is 26.0 Å². The van der Waals surface area contributed by atoms with Gasteiger partial charge < -0.3 is 20.1 Å². The van der Waals surface area contributed by atoms with E-state index in [1.807, 2.05) is 0 Å². The molecule has 134 valence electrons. The molecule has 0 spiro atoms. The van der Waals surface area contributed by atoms with Crippen LogP contribution in [0.4, 0.5) is 24.5 Å². The summed E-state index contributed by atoms with van der Waals surface area (Å²) >= 11 is 0. The number of amides is 1. The predicted octanol–water partition coefficient (Wildman–Crippen LogP) is 1.37.